The Morgan fingerprint density at radius 1 is 1.16 bits per heavy atom. The molecule has 0 bridgehead atoms. The highest BCUT2D eigenvalue weighted by Gasteiger charge is 2.26. The molecule has 3 rings (SSSR count). The number of ether oxygens (including phenoxy) is 1. The van der Waals surface area contributed by atoms with Gasteiger partial charge in [-0.2, -0.15) is 8.42 Å². The smallest absolute Gasteiger partial charge is 0.332 e. The fourth-order valence-electron chi connectivity index (χ4n) is 2.26. The third-order valence-corrected chi connectivity index (χ3v) is 5.15. The van der Waals surface area contributed by atoms with E-state index in [-0.39, 0.29) is 12.4 Å². The van der Waals surface area contributed by atoms with E-state index in [2.05, 4.69) is 15.0 Å². The molecule has 2 heterocycles. The van der Waals surface area contributed by atoms with Crippen molar-refractivity contribution in [3.05, 3.63) is 66.6 Å². The minimum Gasteiger partial charge on any atom is -0.497 e. The van der Waals surface area contributed by atoms with E-state index in [4.69, 9.17) is 4.74 Å². The van der Waals surface area contributed by atoms with E-state index >= 15 is 0 Å². The van der Waals surface area contributed by atoms with Crippen LogP contribution in [0.15, 0.2) is 55.2 Å². The largest absolute Gasteiger partial charge is 0.497 e. The van der Waals surface area contributed by atoms with Gasteiger partial charge in [-0.15, -0.1) is 0 Å². The highest BCUT2D eigenvalue weighted by Crippen LogP contribution is 2.21. The van der Waals surface area contributed by atoms with Crippen molar-refractivity contribution in [2.24, 2.45) is 0 Å². The Balaban J connectivity index is 2.02. The average Bonchev–Trinajstić information content (AvgIpc) is 3.15. The number of anilines is 1. The Hall–Kier alpha value is -2.94. The van der Waals surface area contributed by atoms with E-state index in [1.807, 2.05) is 12.1 Å². The first kappa shape index (κ1) is 16.9. The first-order chi connectivity index (χ1) is 12.0. The van der Waals surface area contributed by atoms with Gasteiger partial charge in [-0.05, 0) is 24.6 Å². The lowest BCUT2D eigenvalue weighted by Crippen LogP contribution is -2.35. The van der Waals surface area contributed by atoms with Gasteiger partial charge in [-0.3, -0.25) is 0 Å². The first-order valence-electron chi connectivity index (χ1n) is 7.44. The van der Waals surface area contributed by atoms with Crippen molar-refractivity contribution in [1.29, 1.82) is 0 Å². The SMILES string of the molecule is COc1ccc(CN(c2ccnc(C)n2)S(=O)(=O)n2ccnc2)cc1. The van der Waals surface area contributed by atoms with Gasteiger partial charge in [0.1, 0.15) is 23.7 Å². The number of imidazole rings is 1. The van der Waals surface area contributed by atoms with Gasteiger partial charge in [0, 0.05) is 24.7 Å². The summed E-state index contributed by atoms with van der Waals surface area (Å²) in [6.45, 7) is 1.82. The summed E-state index contributed by atoms with van der Waals surface area (Å²) in [4.78, 5) is 12.1. The summed E-state index contributed by atoms with van der Waals surface area (Å²) in [6, 6.07) is 8.74. The van der Waals surface area contributed by atoms with Crippen LogP contribution in [0.4, 0.5) is 5.82 Å². The topological polar surface area (TPSA) is 90.2 Å². The van der Waals surface area contributed by atoms with Crippen molar-refractivity contribution in [2.75, 3.05) is 11.4 Å². The van der Waals surface area contributed by atoms with E-state index in [1.165, 1.54) is 29.2 Å². The zero-order valence-corrected chi connectivity index (χ0v) is 14.6. The van der Waals surface area contributed by atoms with E-state index < -0.39 is 10.2 Å². The molecular weight excluding hydrogens is 342 g/mol. The van der Waals surface area contributed by atoms with Crippen molar-refractivity contribution < 1.29 is 13.2 Å². The minimum atomic E-state index is -3.88. The third-order valence-electron chi connectivity index (χ3n) is 3.53. The van der Waals surface area contributed by atoms with Gasteiger partial charge in [0.2, 0.25) is 0 Å². The predicted molar refractivity (Wildman–Crippen MR) is 92.5 cm³/mol. The van der Waals surface area contributed by atoms with Crippen LogP contribution in [-0.2, 0) is 16.8 Å². The van der Waals surface area contributed by atoms with Crippen LogP contribution in [0.2, 0.25) is 0 Å². The number of rotatable bonds is 6. The molecule has 0 saturated carbocycles. The minimum absolute atomic E-state index is 0.112. The van der Waals surface area contributed by atoms with Crippen LogP contribution in [-0.4, -0.2) is 34.5 Å². The molecule has 2 aromatic heterocycles. The molecule has 9 heteroatoms. The Bertz CT molecular complexity index is 940. The molecular formula is C16H17N5O3S. The lowest BCUT2D eigenvalue weighted by molar-refractivity contribution is 0.414. The Morgan fingerprint density at radius 3 is 2.52 bits per heavy atom. The Morgan fingerprint density at radius 2 is 1.92 bits per heavy atom. The van der Waals surface area contributed by atoms with Crippen LogP contribution in [0.25, 0.3) is 0 Å². The quantitative estimate of drug-likeness (QED) is 0.666. The average molecular weight is 359 g/mol. The number of aromatic nitrogens is 4. The fourth-order valence-corrected chi connectivity index (χ4v) is 3.52. The number of hydrogen-bond donors (Lipinski definition) is 0. The van der Waals surface area contributed by atoms with Crippen LogP contribution >= 0.6 is 0 Å². The molecule has 3 aromatic rings. The Kier molecular flexibility index (Phi) is 4.66. The van der Waals surface area contributed by atoms with Crippen LogP contribution in [0.3, 0.4) is 0 Å². The second kappa shape index (κ2) is 6.89. The van der Waals surface area contributed by atoms with Gasteiger partial charge in [-0.25, -0.2) is 23.2 Å². The van der Waals surface area contributed by atoms with Crippen LogP contribution < -0.4 is 9.04 Å². The molecule has 0 aliphatic heterocycles. The van der Waals surface area contributed by atoms with Crippen LogP contribution in [0, 0.1) is 6.92 Å². The maximum Gasteiger partial charge on any atom is 0.332 e. The normalized spacial score (nSPS) is 11.3. The molecule has 0 radical (unpaired) electrons. The Labute approximate surface area is 145 Å². The van der Waals surface area contributed by atoms with Gasteiger partial charge in [0.05, 0.1) is 13.7 Å². The molecule has 0 aliphatic carbocycles. The van der Waals surface area contributed by atoms with Gasteiger partial charge in [-0.1, -0.05) is 12.1 Å². The molecule has 8 nitrogen and oxygen atoms in total. The van der Waals surface area contributed by atoms with Crippen molar-refractivity contribution in [2.45, 2.75) is 13.5 Å². The monoisotopic (exact) mass is 359 g/mol. The summed E-state index contributed by atoms with van der Waals surface area (Å²) in [5.41, 5.74) is 0.792. The van der Waals surface area contributed by atoms with E-state index in [0.717, 1.165) is 9.54 Å². The summed E-state index contributed by atoms with van der Waals surface area (Å²) in [7, 11) is -2.30. The molecule has 130 valence electrons. The summed E-state index contributed by atoms with van der Waals surface area (Å²) in [6.07, 6.45) is 5.56. The molecule has 0 N–H and O–H groups in total. The number of nitrogens with zero attached hydrogens (tertiary/aromatic N) is 5. The van der Waals surface area contributed by atoms with Crippen molar-refractivity contribution in [1.82, 2.24) is 18.9 Å². The second-order valence-corrected chi connectivity index (χ2v) is 6.98. The maximum atomic E-state index is 13.0. The van der Waals surface area contributed by atoms with Crippen LogP contribution in [0.5, 0.6) is 5.75 Å². The fraction of sp³-hybridized carbons (Fsp3) is 0.188. The van der Waals surface area contributed by atoms with Gasteiger partial charge in [0.15, 0.2) is 0 Å². The summed E-state index contributed by atoms with van der Waals surface area (Å²) in [5.74, 6) is 1.47. The molecule has 0 saturated heterocycles. The van der Waals surface area contributed by atoms with Crippen LogP contribution in [0.1, 0.15) is 11.4 Å². The zero-order chi connectivity index (χ0) is 17.9. The summed E-state index contributed by atoms with van der Waals surface area (Å²) in [5, 5.41) is 0. The number of hydrogen-bond acceptors (Lipinski definition) is 6. The van der Waals surface area contributed by atoms with Crippen molar-refractivity contribution in [3.8, 4) is 5.75 Å². The molecule has 0 unspecified atom stereocenters. The summed E-state index contributed by atoms with van der Waals surface area (Å²) >= 11 is 0. The third kappa shape index (κ3) is 3.61. The van der Waals surface area contributed by atoms with E-state index in [0.29, 0.717) is 11.6 Å². The lowest BCUT2D eigenvalue weighted by atomic mass is 10.2. The van der Waals surface area contributed by atoms with E-state index in [1.54, 1.807) is 32.2 Å². The van der Waals surface area contributed by atoms with E-state index in [9.17, 15) is 8.42 Å². The number of benzene rings is 1. The summed E-state index contributed by atoms with van der Waals surface area (Å²) < 4.78 is 33.4. The highest BCUT2D eigenvalue weighted by atomic mass is 32.2. The molecule has 0 spiro atoms. The second-order valence-electron chi connectivity index (χ2n) is 5.22. The van der Waals surface area contributed by atoms with Gasteiger partial charge in [0.25, 0.3) is 0 Å². The van der Waals surface area contributed by atoms with Gasteiger partial charge >= 0.3 is 10.2 Å². The molecule has 0 atom stereocenters. The molecule has 1 aromatic carbocycles. The van der Waals surface area contributed by atoms with Crippen molar-refractivity contribution in [3.63, 3.8) is 0 Å². The number of methoxy groups -OCH3 is 1. The first-order valence-corrected chi connectivity index (χ1v) is 8.84. The predicted octanol–water partition coefficient (Wildman–Crippen LogP) is 1.79. The standard InChI is InChI=1S/C16H17N5O3S/c1-13-18-8-7-16(19-13)21(25(22,23)20-10-9-17-12-20)11-14-3-5-15(24-2)6-4-14/h3-10,12H,11H2,1-2H3. The van der Waals surface area contributed by atoms with Gasteiger partial charge < -0.3 is 4.74 Å². The molecule has 0 aliphatic rings. The molecule has 0 amide bonds. The maximum absolute atomic E-state index is 13.0. The number of aryl methyl sites for hydroxylation is 1. The highest BCUT2D eigenvalue weighted by molar-refractivity contribution is 7.91. The van der Waals surface area contributed by atoms with Crippen molar-refractivity contribution >= 4 is 16.0 Å². The molecule has 0 fully saturated rings. The molecule has 25 heavy (non-hydrogen) atoms. The zero-order valence-electron chi connectivity index (χ0n) is 13.8. The lowest BCUT2D eigenvalue weighted by Gasteiger charge is -2.23.